The van der Waals surface area contributed by atoms with Crippen LogP contribution in [-0.4, -0.2) is 26.2 Å². The Morgan fingerprint density at radius 1 is 0.724 bits per heavy atom. The van der Waals surface area contributed by atoms with Crippen molar-refractivity contribution in [3.63, 3.8) is 0 Å². The highest BCUT2D eigenvalue weighted by Gasteiger charge is 2.09. The van der Waals surface area contributed by atoms with Gasteiger partial charge in [-0.1, -0.05) is 36.4 Å². The fourth-order valence-electron chi connectivity index (χ4n) is 2.63. The molecule has 29 heavy (non-hydrogen) atoms. The van der Waals surface area contributed by atoms with E-state index in [1.165, 1.54) is 13.2 Å². The van der Waals surface area contributed by atoms with Crippen molar-refractivity contribution in [3.8, 4) is 22.6 Å². The first kappa shape index (κ1) is 19.9. The fourth-order valence-corrected chi connectivity index (χ4v) is 2.63. The summed E-state index contributed by atoms with van der Waals surface area (Å²) in [5, 5.41) is 0. The van der Waals surface area contributed by atoms with Gasteiger partial charge in [-0.15, -0.1) is 0 Å². The lowest BCUT2D eigenvalue weighted by Crippen LogP contribution is -2.08. The van der Waals surface area contributed by atoms with E-state index >= 15 is 0 Å². The van der Waals surface area contributed by atoms with Crippen molar-refractivity contribution < 1.29 is 23.8 Å². The van der Waals surface area contributed by atoms with Crippen LogP contribution in [0.2, 0.25) is 0 Å². The molecule has 0 aliphatic rings. The van der Waals surface area contributed by atoms with Gasteiger partial charge in [0.1, 0.15) is 11.5 Å². The first-order chi connectivity index (χ1) is 14.1. The van der Waals surface area contributed by atoms with Gasteiger partial charge in [0.05, 0.1) is 19.8 Å². The normalized spacial score (nSPS) is 10.6. The highest BCUT2D eigenvalue weighted by atomic mass is 16.5. The van der Waals surface area contributed by atoms with Gasteiger partial charge in [-0.2, -0.15) is 0 Å². The second-order valence-corrected chi connectivity index (χ2v) is 6.12. The quantitative estimate of drug-likeness (QED) is 0.346. The van der Waals surface area contributed by atoms with Crippen LogP contribution in [0.15, 0.2) is 78.9 Å². The lowest BCUT2D eigenvalue weighted by Gasteiger charge is -2.07. The first-order valence-electron chi connectivity index (χ1n) is 8.92. The van der Waals surface area contributed by atoms with Gasteiger partial charge in [0.2, 0.25) is 0 Å². The van der Waals surface area contributed by atoms with Crippen LogP contribution in [0.5, 0.6) is 11.5 Å². The summed E-state index contributed by atoms with van der Waals surface area (Å²) in [7, 11) is 2.91. The second-order valence-electron chi connectivity index (χ2n) is 6.12. The molecule has 3 aromatic carbocycles. The molecule has 0 saturated heterocycles. The Morgan fingerprint density at radius 3 is 1.83 bits per heavy atom. The largest absolute Gasteiger partial charge is 0.497 e. The van der Waals surface area contributed by atoms with Gasteiger partial charge >= 0.3 is 11.9 Å². The van der Waals surface area contributed by atoms with Gasteiger partial charge in [0, 0.05) is 6.08 Å². The average Bonchev–Trinajstić information content (AvgIpc) is 2.78. The molecule has 0 aliphatic carbocycles. The molecule has 0 amide bonds. The Balaban J connectivity index is 1.65. The van der Waals surface area contributed by atoms with E-state index in [1.807, 2.05) is 36.4 Å². The molecule has 5 heteroatoms. The van der Waals surface area contributed by atoms with Crippen LogP contribution in [0.25, 0.3) is 17.2 Å². The molecule has 0 spiro atoms. The van der Waals surface area contributed by atoms with Crippen LogP contribution in [0, 0.1) is 0 Å². The molecule has 3 rings (SSSR count). The van der Waals surface area contributed by atoms with E-state index in [-0.39, 0.29) is 0 Å². The molecule has 0 atom stereocenters. The van der Waals surface area contributed by atoms with Crippen molar-refractivity contribution in [2.75, 3.05) is 14.2 Å². The molecule has 0 unspecified atom stereocenters. The monoisotopic (exact) mass is 388 g/mol. The maximum absolute atomic E-state index is 12.2. The zero-order valence-electron chi connectivity index (χ0n) is 16.1. The van der Waals surface area contributed by atoms with Crippen molar-refractivity contribution in [3.05, 3.63) is 90.0 Å². The topological polar surface area (TPSA) is 61.8 Å². The van der Waals surface area contributed by atoms with E-state index in [0.29, 0.717) is 17.1 Å². The van der Waals surface area contributed by atoms with Gasteiger partial charge < -0.3 is 14.2 Å². The molecular formula is C24H20O5. The number of ether oxygens (including phenoxy) is 3. The number of hydrogen-bond acceptors (Lipinski definition) is 5. The molecule has 0 bridgehead atoms. The minimum absolute atomic E-state index is 0.395. The predicted molar refractivity (Wildman–Crippen MR) is 111 cm³/mol. The lowest BCUT2D eigenvalue weighted by atomic mass is 10.0. The number of methoxy groups -OCH3 is 2. The Bertz CT molecular complexity index is 1000. The van der Waals surface area contributed by atoms with E-state index in [4.69, 9.17) is 9.47 Å². The maximum Gasteiger partial charge on any atom is 0.343 e. The fraction of sp³-hybridized carbons (Fsp3) is 0.0833. The summed E-state index contributed by atoms with van der Waals surface area (Å²) in [4.78, 5) is 23.4. The highest BCUT2D eigenvalue weighted by molar-refractivity contribution is 5.91. The minimum atomic E-state index is -0.429. The number of hydrogen-bond donors (Lipinski definition) is 0. The second kappa shape index (κ2) is 9.37. The Kier molecular flexibility index (Phi) is 6.43. The smallest absolute Gasteiger partial charge is 0.343 e. The minimum Gasteiger partial charge on any atom is -0.497 e. The van der Waals surface area contributed by atoms with Crippen LogP contribution in [-0.2, 0) is 9.53 Å². The van der Waals surface area contributed by atoms with E-state index in [1.54, 1.807) is 49.6 Å². The molecular weight excluding hydrogens is 368 g/mol. The Labute approximate surface area is 169 Å². The van der Waals surface area contributed by atoms with Gasteiger partial charge in [-0.05, 0) is 59.2 Å². The third-order valence-corrected chi connectivity index (χ3v) is 4.25. The summed E-state index contributed by atoms with van der Waals surface area (Å²) in [6, 6.07) is 21.7. The standard InChI is InChI=1S/C24H20O5/c1-27-21-12-10-20(11-13-21)24(26)29-22-14-8-19(9-15-22)18-6-3-17(4-7-18)5-16-23(25)28-2/h3-16H,1-2H3/b16-5+. The van der Waals surface area contributed by atoms with Gasteiger partial charge in [-0.3, -0.25) is 0 Å². The van der Waals surface area contributed by atoms with Crippen molar-refractivity contribution in [1.82, 2.24) is 0 Å². The van der Waals surface area contributed by atoms with Crippen molar-refractivity contribution in [2.45, 2.75) is 0 Å². The highest BCUT2D eigenvalue weighted by Crippen LogP contribution is 2.24. The molecule has 0 aromatic heterocycles. The molecule has 3 aromatic rings. The average molecular weight is 388 g/mol. The predicted octanol–water partition coefficient (Wildman–Crippen LogP) is 4.77. The van der Waals surface area contributed by atoms with E-state index < -0.39 is 11.9 Å². The number of carbonyl (C=O) groups is 2. The summed E-state index contributed by atoms with van der Waals surface area (Å²) in [6.45, 7) is 0. The Hall–Kier alpha value is -3.86. The molecule has 0 aliphatic heterocycles. The number of benzene rings is 3. The van der Waals surface area contributed by atoms with Crippen molar-refractivity contribution in [2.24, 2.45) is 0 Å². The molecule has 0 saturated carbocycles. The van der Waals surface area contributed by atoms with Crippen LogP contribution in [0.1, 0.15) is 15.9 Å². The number of carbonyl (C=O) groups excluding carboxylic acids is 2. The third kappa shape index (κ3) is 5.32. The van der Waals surface area contributed by atoms with Crippen molar-refractivity contribution in [1.29, 1.82) is 0 Å². The molecule has 5 nitrogen and oxygen atoms in total. The summed E-state index contributed by atoms with van der Waals surface area (Å²) in [6.07, 6.45) is 3.07. The van der Waals surface area contributed by atoms with Crippen LogP contribution >= 0.6 is 0 Å². The number of esters is 2. The van der Waals surface area contributed by atoms with Crippen LogP contribution in [0.4, 0.5) is 0 Å². The lowest BCUT2D eigenvalue weighted by molar-refractivity contribution is -0.134. The summed E-state index contributed by atoms with van der Waals surface area (Å²) >= 11 is 0. The van der Waals surface area contributed by atoms with E-state index in [0.717, 1.165) is 16.7 Å². The summed E-state index contributed by atoms with van der Waals surface area (Å²) in [5.41, 5.74) is 3.33. The molecule has 0 fully saturated rings. The van der Waals surface area contributed by atoms with Gasteiger partial charge in [0.25, 0.3) is 0 Å². The zero-order chi connectivity index (χ0) is 20.6. The molecule has 0 radical (unpaired) electrons. The summed E-state index contributed by atoms with van der Waals surface area (Å²) in [5.74, 6) is 0.320. The number of rotatable bonds is 6. The van der Waals surface area contributed by atoms with E-state index in [9.17, 15) is 9.59 Å². The van der Waals surface area contributed by atoms with Crippen LogP contribution < -0.4 is 9.47 Å². The summed E-state index contributed by atoms with van der Waals surface area (Å²) < 4.78 is 15.1. The molecule has 0 heterocycles. The maximum atomic E-state index is 12.2. The third-order valence-electron chi connectivity index (χ3n) is 4.25. The Morgan fingerprint density at radius 2 is 1.28 bits per heavy atom. The van der Waals surface area contributed by atoms with Crippen LogP contribution in [0.3, 0.4) is 0 Å². The first-order valence-corrected chi connectivity index (χ1v) is 8.92. The van der Waals surface area contributed by atoms with Gasteiger partial charge in [0.15, 0.2) is 0 Å². The zero-order valence-corrected chi connectivity index (χ0v) is 16.1. The van der Waals surface area contributed by atoms with Crippen molar-refractivity contribution >= 4 is 18.0 Å². The SMILES string of the molecule is COC(=O)/C=C/c1ccc(-c2ccc(OC(=O)c3ccc(OC)cc3)cc2)cc1. The molecule has 0 N–H and O–H groups in total. The van der Waals surface area contributed by atoms with Gasteiger partial charge in [-0.25, -0.2) is 9.59 Å². The molecule has 146 valence electrons. The van der Waals surface area contributed by atoms with E-state index in [2.05, 4.69) is 4.74 Å².